The number of benzene rings is 2. The lowest BCUT2D eigenvalue weighted by Gasteiger charge is -2.25. The van der Waals surface area contributed by atoms with Gasteiger partial charge >= 0.3 is 0 Å². The molecule has 0 bridgehead atoms. The maximum atomic E-state index is 10.3. The second-order valence-electron chi connectivity index (χ2n) is 6.02. The molecule has 0 saturated heterocycles. The van der Waals surface area contributed by atoms with Gasteiger partial charge in [0.05, 0.1) is 13.2 Å². The number of aliphatic hydroxyl groups excluding tert-OH is 1. The van der Waals surface area contributed by atoms with E-state index in [0.717, 1.165) is 31.7 Å². The highest BCUT2D eigenvalue weighted by molar-refractivity contribution is 5.27. The molecule has 3 heteroatoms. The Hall–Kier alpha value is -2.10. The van der Waals surface area contributed by atoms with E-state index in [1.165, 1.54) is 11.1 Å². The first-order valence-corrected chi connectivity index (χ1v) is 8.39. The van der Waals surface area contributed by atoms with Gasteiger partial charge in [0.25, 0.3) is 0 Å². The van der Waals surface area contributed by atoms with E-state index in [9.17, 15) is 5.11 Å². The Morgan fingerprint density at radius 1 is 1.04 bits per heavy atom. The van der Waals surface area contributed by atoms with E-state index in [1.54, 1.807) is 7.11 Å². The standard InChI is InChI=1S/C21H27NO2/c1-3-4-10-20(23)17-22(15-18-8-6-5-7-9-18)16-19-11-13-21(24-2)14-12-19/h3,5-9,11-14,20,23H,1,4,10,15-17H2,2H3/t20-/m0/s1. The predicted molar refractivity (Wildman–Crippen MR) is 99.0 cm³/mol. The molecule has 0 aliphatic rings. The van der Waals surface area contributed by atoms with Gasteiger partial charge < -0.3 is 9.84 Å². The molecular formula is C21H27NO2. The van der Waals surface area contributed by atoms with Gasteiger partial charge in [-0.15, -0.1) is 6.58 Å². The molecule has 1 N–H and O–H groups in total. The van der Waals surface area contributed by atoms with Crippen molar-refractivity contribution in [3.63, 3.8) is 0 Å². The van der Waals surface area contributed by atoms with Crippen molar-refractivity contribution in [2.75, 3.05) is 13.7 Å². The van der Waals surface area contributed by atoms with E-state index < -0.39 is 0 Å². The molecular weight excluding hydrogens is 298 g/mol. The number of methoxy groups -OCH3 is 1. The van der Waals surface area contributed by atoms with Gasteiger partial charge in [0.15, 0.2) is 0 Å². The average molecular weight is 325 g/mol. The molecule has 2 rings (SSSR count). The lowest BCUT2D eigenvalue weighted by atomic mass is 10.1. The number of rotatable bonds is 10. The Bertz CT molecular complexity index is 595. The maximum absolute atomic E-state index is 10.3. The van der Waals surface area contributed by atoms with Crippen LogP contribution in [0.25, 0.3) is 0 Å². The summed E-state index contributed by atoms with van der Waals surface area (Å²) in [6.07, 6.45) is 3.10. The van der Waals surface area contributed by atoms with E-state index in [4.69, 9.17) is 4.74 Å². The van der Waals surface area contributed by atoms with Gasteiger partial charge in [0.2, 0.25) is 0 Å². The van der Waals surface area contributed by atoms with E-state index in [-0.39, 0.29) is 6.10 Å². The van der Waals surface area contributed by atoms with Gasteiger partial charge in [0.1, 0.15) is 5.75 Å². The summed E-state index contributed by atoms with van der Waals surface area (Å²) >= 11 is 0. The molecule has 0 fully saturated rings. The Balaban J connectivity index is 2.04. The van der Waals surface area contributed by atoms with Crippen molar-refractivity contribution in [2.24, 2.45) is 0 Å². The first-order chi connectivity index (χ1) is 11.7. The molecule has 2 aromatic rings. The molecule has 0 heterocycles. The zero-order chi connectivity index (χ0) is 17.2. The lowest BCUT2D eigenvalue weighted by Crippen LogP contribution is -2.31. The highest BCUT2D eigenvalue weighted by atomic mass is 16.5. The molecule has 24 heavy (non-hydrogen) atoms. The number of hydrogen-bond donors (Lipinski definition) is 1. The first kappa shape index (κ1) is 18.2. The Kier molecular flexibility index (Phi) is 7.53. The molecule has 0 unspecified atom stereocenters. The second kappa shape index (κ2) is 9.91. The van der Waals surface area contributed by atoms with Crippen molar-refractivity contribution in [3.05, 3.63) is 78.4 Å². The molecule has 1 atom stereocenters. The Morgan fingerprint density at radius 2 is 1.67 bits per heavy atom. The van der Waals surface area contributed by atoms with Gasteiger partial charge in [-0.2, -0.15) is 0 Å². The minimum atomic E-state index is -0.343. The fourth-order valence-electron chi connectivity index (χ4n) is 2.72. The van der Waals surface area contributed by atoms with Crippen molar-refractivity contribution >= 4 is 0 Å². The fraction of sp³-hybridized carbons (Fsp3) is 0.333. The summed E-state index contributed by atoms with van der Waals surface area (Å²) in [4.78, 5) is 2.28. The number of nitrogens with zero attached hydrogens (tertiary/aromatic N) is 1. The summed E-state index contributed by atoms with van der Waals surface area (Å²) in [5.74, 6) is 0.861. The number of hydrogen-bond acceptors (Lipinski definition) is 3. The molecule has 0 aliphatic heterocycles. The number of ether oxygens (including phenoxy) is 1. The van der Waals surface area contributed by atoms with Crippen LogP contribution < -0.4 is 4.74 Å². The van der Waals surface area contributed by atoms with Crippen LogP contribution in [0.5, 0.6) is 5.75 Å². The van der Waals surface area contributed by atoms with E-state index in [2.05, 4.69) is 47.9 Å². The van der Waals surface area contributed by atoms with Crippen LogP contribution in [0.1, 0.15) is 24.0 Å². The van der Waals surface area contributed by atoms with Crippen LogP contribution in [0.3, 0.4) is 0 Å². The summed E-state index contributed by atoms with van der Waals surface area (Å²) in [6.45, 7) is 5.99. The van der Waals surface area contributed by atoms with E-state index >= 15 is 0 Å². The van der Waals surface area contributed by atoms with Crippen molar-refractivity contribution in [1.29, 1.82) is 0 Å². The SMILES string of the molecule is C=CCC[C@H](O)CN(Cc1ccccc1)Cc1ccc(OC)cc1. The van der Waals surface area contributed by atoms with Crippen LogP contribution in [-0.4, -0.2) is 29.8 Å². The van der Waals surface area contributed by atoms with Crippen LogP contribution in [0.4, 0.5) is 0 Å². The molecule has 0 saturated carbocycles. The summed E-state index contributed by atoms with van der Waals surface area (Å²) < 4.78 is 5.22. The molecule has 0 spiro atoms. The summed E-state index contributed by atoms with van der Waals surface area (Å²) in [5, 5.41) is 10.3. The minimum absolute atomic E-state index is 0.343. The molecule has 0 amide bonds. The van der Waals surface area contributed by atoms with Crippen molar-refractivity contribution in [1.82, 2.24) is 4.90 Å². The highest BCUT2D eigenvalue weighted by Gasteiger charge is 2.13. The lowest BCUT2D eigenvalue weighted by molar-refractivity contribution is 0.0984. The molecule has 0 radical (unpaired) electrons. The van der Waals surface area contributed by atoms with Crippen molar-refractivity contribution in [2.45, 2.75) is 32.0 Å². The van der Waals surface area contributed by atoms with Gasteiger partial charge in [0, 0.05) is 19.6 Å². The molecule has 3 nitrogen and oxygen atoms in total. The Labute approximate surface area is 145 Å². The van der Waals surface area contributed by atoms with E-state index in [1.807, 2.05) is 24.3 Å². The zero-order valence-corrected chi connectivity index (χ0v) is 14.4. The number of allylic oxidation sites excluding steroid dienone is 1. The third kappa shape index (κ3) is 6.19. The van der Waals surface area contributed by atoms with Gasteiger partial charge in [-0.05, 0) is 36.1 Å². The molecule has 128 valence electrons. The molecule has 0 aliphatic carbocycles. The Morgan fingerprint density at radius 3 is 2.25 bits per heavy atom. The third-order valence-corrected chi connectivity index (χ3v) is 3.99. The second-order valence-corrected chi connectivity index (χ2v) is 6.02. The maximum Gasteiger partial charge on any atom is 0.118 e. The smallest absolute Gasteiger partial charge is 0.118 e. The topological polar surface area (TPSA) is 32.7 Å². The fourth-order valence-corrected chi connectivity index (χ4v) is 2.72. The largest absolute Gasteiger partial charge is 0.497 e. The van der Waals surface area contributed by atoms with E-state index in [0.29, 0.717) is 6.54 Å². The molecule has 2 aromatic carbocycles. The molecule has 0 aromatic heterocycles. The van der Waals surface area contributed by atoms with Crippen molar-refractivity contribution in [3.8, 4) is 5.75 Å². The summed E-state index contributed by atoms with van der Waals surface area (Å²) in [7, 11) is 1.67. The minimum Gasteiger partial charge on any atom is -0.497 e. The predicted octanol–water partition coefficient (Wildman–Crippen LogP) is 4.02. The monoisotopic (exact) mass is 325 g/mol. The van der Waals surface area contributed by atoms with Crippen LogP contribution in [-0.2, 0) is 13.1 Å². The normalized spacial score (nSPS) is 12.1. The van der Waals surface area contributed by atoms with Crippen LogP contribution in [0, 0.1) is 0 Å². The van der Waals surface area contributed by atoms with Crippen LogP contribution >= 0.6 is 0 Å². The van der Waals surface area contributed by atoms with Gasteiger partial charge in [-0.3, -0.25) is 4.90 Å². The quantitative estimate of drug-likeness (QED) is 0.670. The highest BCUT2D eigenvalue weighted by Crippen LogP contribution is 2.15. The number of aliphatic hydroxyl groups is 1. The first-order valence-electron chi connectivity index (χ1n) is 8.39. The third-order valence-electron chi connectivity index (χ3n) is 3.99. The van der Waals surface area contributed by atoms with Gasteiger partial charge in [-0.1, -0.05) is 48.5 Å². The average Bonchev–Trinajstić information content (AvgIpc) is 2.61. The van der Waals surface area contributed by atoms with Crippen LogP contribution in [0.15, 0.2) is 67.3 Å². The summed E-state index contributed by atoms with van der Waals surface area (Å²) in [6, 6.07) is 18.5. The van der Waals surface area contributed by atoms with Gasteiger partial charge in [-0.25, -0.2) is 0 Å². The summed E-state index contributed by atoms with van der Waals surface area (Å²) in [5.41, 5.74) is 2.46. The van der Waals surface area contributed by atoms with Crippen LogP contribution in [0.2, 0.25) is 0 Å². The van der Waals surface area contributed by atoms with Crippen molar-refractivity contribution < 1.29 is 9.84 Å². The zero-order valence-electron chi connectivity index (χ0n) is 14.4.